The van der Waals surface area contributed by atoms with E-state index in [4.69, 9.17) is 0 Å². The largest absolute Gasteiger partial charge is 0.0882 e. The number of rotatable bonds is 31. The van der Waals surface area contributed by atoms with Gasteiger partial charge in [0.05, 0.1) is 0 Å². The number of unbranched alkanes of at least 4 members (excludes halogenated alkanes) is 18. The quantitative estimate of drug-likeness (QED) is 0.0590. The minimum atomic E-state index is 0.906. The molecule has 0 heteroatoms. The van der Waals surface area contributed by atoms with E-state index in [2.05, 4.69) is 76.3 Å². The highest BCUT2D eigenvalue weighted by Gasteiger charge is 2.11. The lowest BCUT2D eigenvalue weighted by Crippen LogP contribution is -2.08. The first-order valence-electron chi connectivity index (χ1n) is 18.3. The third-order valence-corrected chi connectivity index (χ3v) is 8.69. The van der Waals surface area contributed by atoms with Gasteiger partial charge < -0.3 is 0 Å². The molecule has 0 N–H and O–H groups in total. The molecular weight excluding hydrogens is 480 g/mol. The smallest absolute Gasteiger partial charge is 0.0169 e. The molecule has 0 fully saturated rings. The van der Waals surface area contributed by atoms with Gasteiger partial charge in [0.15, 0.2) is 0 Å². The van der Waals surface area contributed by atoms with Gasteiger partial charge in [-0.15, -0.1) is 0 Å². The first-order valence-corrected chi connectivity index (χ1v) is 18.3. The van der Waals surface area contributed by atoms with Crippen molar-refractivity contribution in [2.75, 3.05) is 0 Å². The van der Waals surface area contributed by atoms with Gasteiger partial charge in [0, 0.05) is 0 Å². The van der Waals surface area contributed by atoms with Crippen molar-refractivity contribution >= 4 is 0 Å². The van der Waals surface area contributed by atoms with Crippen LogP contribution in [0, 0.1) is 11.8 Å². The van der Waals surface area contributed by atoms with E-state index in [1.807, 2.05) is 0 Å². The molecule has 0 amide bonds. The van der Waals surface area contributed by atoms with Crippen LogP contribution in [0.3, 0.4) is 0 Å². The van der Waals surface area contributed by atoms with Gasteiger partial charge in [-0.3, -0.25) is 0 Å². The highest BCUT2D eigenvalue weighted by atomic mass is 14.2. The molecule has 0 aliphatic heterocycles. The fourth-order valence-corrected chi connectivity index (χ4v) is 5.48. The van der Waals surface area contributed by atoms with Gasteiger partial charge in [0.25, 0.3) is 0 Å². The minimum absolute atomic E-state index is 0.906. The molecule has 0 aromatic carbocycles. The van der Waals surface area contributed by atoms with E-state index < -0.39 is 0 Å². The van der Waals surface area contributed by atoms with Gasteiger partial charge >= 0.3 is 0 Å². The summed E-state index contributed by atoms with van der Waals surface area (Å²) in [5.74, 6) is 1.81. The van der Waals surface area contributed by atoms with E-state index in [0.717, 1.165) is 24.7 Å². The predicted octanol–water partition coefficient (Wildman–Crippen LogP) is 14.7. The topological polar surface area (TPSA) is 0 Å². The molecule has 0 aromatic heterocycles. The lowest BCUT2D eigenvalue weighted by atomic mass is 9.86. The van der Waals surface area contributed by atoms with Crippen LogP contribution in [0.25, 0.3) is 0 Å². The van der Waals surface area contributed by atoms with Crippen molar-refractivity contribution in [1.82, 2.24) is 0 Å². The molecule has 0 saturated heterocycles. The molecule has 0 nitrogen and oxygen atoms in total. The van der Waals surface area contributed by atoms with Crippen molar-refractivity contribution in [2.24, 2.45) is 11.8 Å². The summed E-state index contributed by atoms with van der Waals surface area (Å²) in [6.45, 7) is 9.56. The number of hydrogen-bond acceptors (Lipinski definition) is 0. The molecule has 0 aromatic rings. The lowest BCUT2D eigenvalue weighted by molar-refractivity contribution is 0.322. The van der Waals surface area contributed by atoms with E-state index in [-0.39, 0.29) is 0 Å². The molecule has 2 unspecified atom stereocenters. The van der Waals surface area contributed by atoms with Crippen LogP contribution in [0.4, 0.5) is 0 Å². The summed E-state index contributed by atoms with van der Waals surface area (Å²) in [6.07, 6.45) is 54.3. The molecule has 0 radical (unpaired) electrons. The second kappa shape index (κ2) is 34.2. The summed E-state index contributed by atoms with van der Waals surface area (Å²) in [4.78, 5) is 0. The molecule has 0 bridgehead atoms. The standard InChI is InChI=1S/C40H74/c1-5-7-9-11-13-15-17-19-21-23-25-27-29-31-33-35-37-39(3)40(4)38-36-34-32-30-28-26-24-22-20-18-16-14-12-10-8-6-2/h13-16,19-22,39-40H,5-12,17-18,23-38H2,1-4H3. The molecule has 0 aliphatic rings. The van der Waals surface area contributed by atoms with Crippen LogP contribution < -0.4 is 0 Å². The van der Waals surface area contributed by atoms with E-state index in [9.17, 15) is 0 Å². The van der Waals surface area contributed by atoms with Crippen molar-refractivity contribution in [3.8, 4) is 0 Å². The fourth-order valence-electron chi connectivity index (χ4n) is 5.48. The van der Waals surface area contributed by atoms with E-state index in [0.29, 0.717) is 0 Å². The summed E-state index contributed by atoms with van der Waals surface area (Å²) in [5.41, 5.74) is 0. The maximum atomic E-state index is 2.51. The molecule has 0 saturated carbocycles. The van der Waals surface area contributed by atoms with Crippen LogP contribution in [0.2, 0.25) is 0 Å². The zero-order valence-corrected chi connectivity index (χ0v) is 28.2. The Balaban J connectivity index is 3.41. The third kappa shape index (κ3) is 31.5. The van der Waals surface area contributed by atoms with Crippen molar-refractivity contribution in [1.29, 1.82) is 0 Å². The van der Waals surface area contributed by atoms with Crippen molar-refractivity contribution in [3.63, 3.8) is 0 Å². The lowest BCUT2D eigenvalue weighted by Gasteiger charge is -2.19. The Hall–Kier alpha value is -1.04. The Morgan fingerprint density at radius 2 is 0.600 bits per heavy atom. The van der Waals surface area contributed by atoms with Crippen LogP contribution in [-0.2, 0) is 0 Å². The average molecular weight is 555 g/mol. The Labute approximate surface area is 254 Å². The minimum Gasteiger partial charge on any atom is -0.0882 e. The molecule has 40 heavy (non-hydrogen) atoms. The highest BCUT2D eigenvalue weighted by Crippen LogP contribution is 2.24. The zero-order valence-electron chi connectivity index (χ0n) is 28.2. The maximum Gasteiger partial charge on any atom is -0.0169 e. The Bertz CT molecular complexity index is 525. The van der Waals surface area contributed by atoms with Gasteiger partial charge in [-0.25, -0.2) is 0 Å². The molecule has 0 heterocycles. The van der Waals surface area contributed by atoms with Crippen molar-refractivity contribution in [2.45, 2.75) is 195 Å². The van der Waals surface area contributed by atoms with Gasteiger partial charge in [0.1, 0.15) is 0 Å². The molecule has 2 atom stereocenters. The van der Waals surface area contributed by atoms with E-state index >= 15 is 0 Å². The number of hydrogen-bond donors (Lipinski definition) is 0. The molecule has 0 rings (SSSR count). The Morgan fingerprint density at radius 3 is 0.925 bits per heavy atom. The summed E-state index contributed by atoms with van der Waals surface area (Å²) in [5, 5.41) is 0. The molecular formula is C40H74. The maximum absolute atomic E-state index is 2.51. The van der Waals surface area contributed by atoms with Crippen LogP contribution in [0.5, 0.6) is 0 Å². The fraction of sp³-hybridized carbons (Fsp3) is 0.800. The second-order valence-electron chi connectivity index (χ2n) is 12.7. The zero-order chi connectivity index (χ0) is 29.2. The Morgan fingerprint density at radius 1 is 0.325 bits per heavy atom. The monoisotopic (exact) mass is 555 g/mol. The van der Waals surface area contributed by atoms with E-state index in [1.54, 1.807) is 0 Å². The molecule has 0 aliphatic carbocycles. The Kier molecular flexibility index (Phi) is 33.3. The van der Waals surface area contributed by atoms with Gasteiger partial charge in [0.2, 0.25) is 0 Å². The average Bonchev–Trinajstić information content (AvgIpc) is 2.96. The first kappa shape index (κ1) is 39.0. The van der Waals surface area contributed by atoms with Gasteiger partial charge in [-0.05, 0) is 76.0 Å². The summed E-state index contributed by atoms with van der Waals surface area (Å²) >= 11 is 0. The summed E-state index contributed by atoms with van der Waals surface area (Å²) in [7, 11) is 0. The van der Waals surface area contributed by atoms with Crippen molar-refractivity contribution in [3.05, 3.63) is 48.6 Å². The van der Waals surface area contributed by atoms with Crippen LogP contribution >= 0.6 is 0 Å². The van der Waals surface area contributed by atoms with Crippen LogP contribution in [-0.4, -0.2) is 0 Å². The second-order valence-corrected chi connectivity index (χ2v) is 12.7. The number of allylic oxidation sites excluding steroid dienone is 8. The van der Waals surface area contributed by atoms with Gasteiger partial charge in [-0.1, -0.05) is 179 Å². The first-order chi connectivity index (χ1) is 19.7. The molecule has 0 spiro atoms. The molecule has 234 valence electrons. The SMILES string of the molecule is CCCCCC=CCC=CCCCCCCCCC(C)C(C)CCCCCCCCC=CCC=CCCCCC. The van der Waals surface area contributed by atoms with E-state index in [1.165, 1.54) is 154 Å². The van der Waals surface area contributed by atoms with Crippen LogP contribution in [0.1, 0.15) is 195 Å². The third-order valence-electron chi connectivity index (χ3n) is 8.69. The summed E-state index contributed by atoms with van der Waals surface area (Å²) in [6, 6.07) is 0. The predicted molar refractivity (Wildman–Crippen MR) is 186 cm³/mol. The summed E-state index contributed by atoms with van der Waals surface area (Å²) < 4.78 is 0. The van der Waals surface area contributed by atoms with Crippen molar-refractivity contribution < 1.29 is 0 Å². The van der Waals surface area contributed by atoms with Gasteiger partial charge in [-0.2, -0.15) is 0 Å². The highest BCUT2D eigenvalue weighted by molar-refractivity contribution is 4.93. The normalized spacial score (nSPS) is 14.0. The van der Waals surface area contributed by atoms with Crippen LogP contribution in [0.15, 0.2) is 48.6 Å².